The molecule has 13 heteroatoms. The first-order valence-corrected chi connectivity index (χ1v) is 20.2. The highest BCUT2D eigenvalue weighted by atomic mass is 16.6. The van der Waals surface area contributed by atoms with Crippen molar-refractivity contribution in [2.45, 2.75) is 6.42 Å². The Hall–Kier alpha value is -5.09. The Bertz CT molecular complexity index is 1900. The molecule has 2 N–H and O–H groups in total. The number of aliphatic imine (C=N–C) groups is 1. The van der Waals surface area contributed by atoms with Gasteiger partial charge in [0.05, 0.1) is 115 Å². The molecule has 4 aromatic carbocycles. The maximum atomic E-state index is 12.9. The van der Waals surface area contributed by atoms with Gasteiger partial charge in [0.25, 0.3) is 0 Å². The second-order valence-electron chi connectivity index (χ2n) is 13.4. The first-order valence-electron chi connectivity index (χ1n) is 20.2. The molecular formula is C47H55NO12. The van der Waals surface area contributed by atoms with Crippen LogP contribution in [0.3, 0.4) is 0 Å². The minimum atomic E-state index is -0.450. The van der Waals surface area contributed by atoms with E-state index in [4.69, 9.17) is 53.1 Å². The predicted molar refractivity (Wildman–Crippen MR) is 226 cm³/mol. The molecule has 0 fully saturated rings. The number of aliphatic hydroxyl groups is 2. The third-order valence-corrected chi connectivity index (χ3v) is 9.22. The van der Waals surface area contributed by atoms with Gasteiger partial charge in [-0.1, -0.05) is 84.9 Å². The summed E-state index contributed by atoms with van der Waals surface area (Å²) in [5.41, 5.74) is 7.63. The highest BCUT2D eigenvalue weighted by Crippen LogP contribution is 2.42. The van der Waals surface area contributed by atoms with E-state index in [0.717, 1.165) is 39.2 Å². The standard InChI is InChI=1S/C47H55NO12/c49-19-21-53-23-25-55-27-29-57-31-33-59-46(51)40-13-11-36(12-14-40)35-42-43(37-7-3-1-4-8-37)45(38-9-5-2-6-10-38)48-44(42)39-15-17-41(18-16-39)47(52)60-34-32-58-30-28-56-26-24-54-22-20-50/h1-18,42,49-50H,19-35H2. The minimum absolute atomic E-state index is 0.0194. The van der Waals surface area contributed by atoms with Crippen LogP contribution in [0.25, 0.3) is 11.3 Å². The van der Waals surface area contributed by atoms with Gasteiger partial charge in [0.1, 0.15) is 13.2 Å². The quantitative estimate of drug-likeness (QED) is 0.0537. The predicted octanol–water partition coefficient (Wildman–Crippen LogP) is 5.31. The zero-order valence-electron chi connectivity index (χ0n) is 33.9. The number of allylic oxidation sites excluding steroid dienone is 1. The summed E-state index contributed by atoms with van der Waals surface area (Å²) in [6, 6.07) is 35.1. The van der Waals surface area contributed by atoms with E-state index in [1.807, 2.05) is 60.7 Å². The molecule has 0 aliphatic carbocycles. The highest BCUT2D eigenvalue weighted by molar-refractivity contribution is 6.19. The molecule has 0 radical (unpaired) electrons. The minimum Gasteiger partial charge on any atom is -0.460 e. The molecule has 0 spiro atoms. The Kier molecular flexibility index (Phi) is 20.6. The molecule has 0 aromatic heterocycles. The SMILES string of the molecule is O=C(OCCOCCOCCOCCO)c1ccc(CC2C(c3ccc(C(=O)OCCOCCOCCOCCO)cc3)=NC(c3ccccc3)=C2c2ccccc2)cc1. The summed E-state index contributed by atoms with van der Waals surface area (Å²) in [7, 11) is 0. The number of esters is 2. The van der Waals surface area contributed by atoms with Gasteiger partial charge in [0.2, 0.25) is 0 Å². The molecule has 1 heterocycles. The van der Waals surface area contributed by atoms with Crippen molar-refractivity contribution >= 4 is 28.9 Å². The van der Waals surface area contributed by atoms with Crippen LogP contribution in [0.5, 0.6) is 0 Å². The molecule has 1 aliphatic rings. The first kappa shape index (κ1) is 46.0. The second kappa shape index (κ2) is 26.9. The Morgan fingerprint density at radius 3 is 1.30 bits per heavy atom. The van der Waals surface area contributed by atoms with Crippen LogP contribution in [-0.4, -0.2) is 134 Å². The van der Waals surface area contributed by atoms with E-state index in [-0.39, 0.29) is 58.8 Å². The fourth-order valence-corrected chi connectivity index (χ4v) is 6.35. The average molecular weight is 826 g/mol. The first-order chi connectivity index (χ1) is 29.6. The van der Waals surface area contributed by atoms with Crippen LogP contribution in [-0.2, 0) is 44.3 Å². The van der Waals surface area contributed by atoms with Crippen molar-refractivity contribution in [3.05, 3.63) is 143 Å². The molecule has 13 nitrogen and oxygen atoms in total. The zero-order valence-corrected chi connectivity index (χ0v) is 33.9. The largest absolute Gasteiger partial charge is 0.460 e. The molecule has 1 aliphatic heterocycles. The van der Waals surface area contributed by atoms with E-state index in [9.17, 15) is 9.59 Å². The number of benzene rings is 4. The Balaban J connectivity index is 1.20. The van der Waals surface area contributed by atoms with Crippen LogP contribution in [0.2, 0.25) is 0 Å². The lowest BCUT2D eigenvalue weighted by Crippen LogP contribution is -2.18. The number of aliphatic hydroxyl groups excluding tert-OH is 2. The molecule has 1 unspecified atom stereocenters. The van der Waals surface area contributed by atoms with Gasteiger partial charge in [-0.05, 0) is 52.9 Å². The average Bonchev–Trinajstić information content (AvgIpc) is 3.67. The van der Waals surface area contributed by atoms with Crippen LogP contribution in [0, 0.1) is 5.92 Å². The molecule has 1 atom stereocenters. The third-order valence-electron chi connectivity index (χ3n) is 9.22. The van der Waals surface area contributed by atoms with E-state index >= 15 is 0 Å². The van der Waals surface area contributed by atoms with E-state index in [0.29, 0.717) is 70.4 Å². The van der Waals surface area contributed by atoms with Gasteiger partial charge in [-0.15, -0.1) is 0 Å². The van der Waals surface area contributed by atoms with Crippen molar-refractivity contribution in [3.63, 3.8) is 0 Å². The van der Waals surface area contributed by atoms with Crippen LogP contribution < -0.4 is 0 Å². The molecule has 0 amide bonds. The Labute approximate surface area is 351 Å². The summed E-state index contributed by atoms with van der Waals surface area (Å²) < 4.78 is 43.0. The molecule has 0 saturated heterocycles. The number of rotatable bonds is 29. The zero-order chi connectivity index (χ0) is 42.0. The van der Waals surface area contributed by atoms with Crippen LogP contribution in [0.1, 0.15) is 43.0 Å². The summed E-state index contributed by atoms with van der Waals surface area (Å²) in [5.74, 6) is -1.04. The monoisotopic (exact) mass is 825 g/mol. The molecule has 0 saturated carbocycles. The summed E-state index contributed by atoms with van der Waals surface area (Å²) in [6.07, 6.45) is 0.602. The number of carbonyl (C=O) groups excluding carboxylic acids is 2. The fraction of sp³-hybridized carbons (Fsp3) is 0.383. The molecule has 60 heavy (non-hydrogen) atoms. The lowest BCUT2D eigenvalue weighted by Gasteiger charge is -2.20. The van der Waals surface area contributed by atoms with Gasteiger partial charge >= 0.3 is 11.9 Å². The van der Waals surface area contributed by atoms with E-state index in [2.05, 4.69) is 24.3 Å². The van der Waals surface area contributed by atoms with Crippen LogP contribution in [0.4, 0.5) is 0 Å². The number of hydrogen-bond donors (Lipinski definition) is 2. The molecule has 5 rings (SSSR count). The van der Waals surface area contributed by atoms with E-state index in [1.165, 1.54) is 0 Å². The van der Waals surface area contributed by atoms with Crippen molar-refractivity contribution in [1.82, 2.24) is 0 Å². The number of hydrogen-bond acceptors (Lipinski definition) is 13. The lowest BCUT2D eigenvalue weighted by atomic mass is 9.82. The Morgan fingerprint density at radius 1 is 0.450 bits per heavy atom. The van der Waals surface area contributed by atoms with Gasteiger partial charge in [0.15, 0.2) is 0 Å². The summed E-state index contributed by atoms with van der Waals surface area (Å²) in [5, 5.41) is 17.4. The molecule has 320 valence electrons. The van der Waals surface area contributed by atoms with Gasteiger partial charge in [-0.3, -0.25) is 4.99 Å². The van der Waals surface area contributed by atoms with E-state index < -0.39 is 11.9 Å². The highest BCUT2D eigenvalue weighted by Gasteiger charge is 2.33. The lowest BCUT2D eigenvalue weighted by molar-refractivity contribution is -0.00325. The summed E-state index contributed by atoms with van der Waals surface area (Å²) in [4.78, 5) is 31.1. The van der Waals surface area contributed by atoms with Crippen molar-refractivity contribution in [2.75, 3.05) is 106 Å². The second-order valence-corrected chi connectivity index (χ2v) is 13.4. The summed E-state index contributed by atoms with van der Waals surface area (Å²) in [6.45, 7) is 4.35. The molecular weight excluding hydrogens is 771 g/mol. The third kappa shape index (κ3) is 15.2. The van der Waals surface area contributed by atoms with Crippen molar-refractivity contribution in [2.24, 2.45) is 10.9 Å². The van der Waals surface area contributed by atoms with Gasteiger partial charge in [-0.25, -0.2) is 9.59 Å². The van der Waals surface area contributed by atoms with Crippen molar-refractivity contribution in [1.29, 1.82) is 0 Å². The number of carbonyl (C=O) groups is 2. The van der Waals surface area contributed by atoms with Crippen LogP contribution in [0.15, 0.2) is 114 Å². The smallest absolute Gasteiger partial charge is 0.338 e. The maximum Gasteiger partial charge on any atom is 0.338 e. The van der Waals surface area contributed by atoms with Crippen molar-refractivity contribution < 1.29 is 57.7 Å². The van der Waals surface area contributed by atoms with Gasteiger partial charge in [-0.2, -0.15) is 0 Å². The maximum absolute atomic E-state index is 12.9. The van der Waals surface area contributed by atoms with Crippen molar-refractivity contribution in [3.8, 4) is 0 Å². The fourth-order valence-electron chi connectivity index (χ4n) is 6.35. The molecule has 0 bridgehead atoms. The Morgan fingerprint density at radius 2 is 0.850 bits per heavy atom. The molecule has 4 aromatic rings. The number of ether oxygens (including phenoxy) is 8. The summed E-state index contributed by atoms with van der Waals surface area (Å²) >= 11 is 0. The topological polar surface area (TPSA) is 161 Å². The normalized spacial score (nSPS) is 13.7. The van der Waals surface area contributed by atoms with Crippen LogP contribution >= 0.6 is 0 Å². The van der Waals surface area contributed by atoms with Gasteiger partial charge in [0, 0.05) is 11.5 Å². The number of nitrogens with zero attached hydrogens (tertiary/aromatic N) is 1. The van der Waals surface area contributed by atoms with E-state index in [1.54, 1.807) is 24.3 Å². The van der Waals surface area contributed by atoms with Gasteiger partial charge < -0.3 is 48.1 Å².